The predicted octanol–water partition coefficient (Wildman–Crippen LogP) is -0.0754. The van der Waals surface area contributed by atoms with Crippen molar-refractivity contribution in [3.63, 3.8) is 0 Å². The quantitative estimate of drug-likeness (QED) is 0.493. The van der Waals surface area contributed by atoms with Crippen LogP contribution in [0.25, 0.3) is 0 Å². The number of hydrogen-bond donors (Lipinski definition) is 3. The van der Waals surface area contributed by atoms with Gasteiger partial charge >= 0.3 is 5.97 Å². The van der Waals surface area contributed by atoms with E-state index in [1.54, 1.807) is 7.05 Å². The van der Waals surface area contributed by atoms with Gasteiger partial charge in [-0.05, 0) is 26.8 Å². The molecule has 6 nitrogen and oxygen atoms in total. The highest BCUT2D eigenvalue weighted by molar-refractivity contribution is 5.78. The summed E-state index contributed by atoms with van der Waals surface area (Å²) in [6.07, 6.45) is 1.49. The number of ketones is 1. The van der Waals surface area contributed by atoms with E-state index in [4.69, 9.17) is 5.11 Å². The van der Waals surface area contributed by atoms with E-state index >= 15 is 0 Å². The maximum atomic E-state index is 11.3. The maximum Gasteiger partial charge on any atom is 0.320 e. The Balaban J connectivity index is 3.65. The molecule has 0 saturated heterocycles. The van der Waals surface area contributed by atoms with Gasteiger partial charge in [0.1, 0.15) is 11.8 Å². The SMILES string of the molecule is CN[C@@H](CCC(=O)NCCCC(C)=O)C(=O)O. The summed E-state index contributed by atoms with van der Waals surface area (Å²) in [5.41, 5.74) is 0. The van der Waals surface area contributed by atoms with Crippen LogP contribution in [0.3, 0.4) is 0 Å². The Bertz CT molecular complexity index is 279. The lowest BCUT2D eigenvalue weighted by Crippen LogP contribution is -2.35. The third kappa shape index (κ3) is 8.38. The van der Waals surface area contributed by atoms with Crippen molar-refractivity contribution in [2.45, 2.75) is 38.6 Å². The smallest absolute Gasteiger partial charge is 0.320 e. The average Bonchev–Trinajstić information content (AvgIpc) is 2.24. The monoisotopic (exact) mass is 244 g/mol. The number of nitrogens with one attached hydrogen (secondary N) is 2. The van der Waals surface area contributed by atoms with Crippen molar-refractivity contribution < 1.29 is 19.5 Å². The number of aliphatic carboxylic acids is 1. The number of rotatable bonds is 9. The number of carbonyl (C=O) groups is 3. The zero-order valence-corrected chi connectivity index (χ0v) is 10.3. The zero-order chi connectivity index (χ0) is 13.3. The van der Waals surface area contributed by atoms with Crippen LogP contribution in [0.15, 0.2) is 0 Å². The Labute approximate surface area is 101 Å². The maximum absolute atomic E-state index is 11.3. The van der Waals surface area contributed by atoms with Crippen molar-refractivity contribution in [1.29, 1.82) is 0 Å². The number of amides is 1. The summed E-state index contributed by atoms with van der Waals surface area (Å²) >= 11 is 0. The highest BCUT2D eigenvalue weighted by Crippen LogP contribution is 1.97. The molecule has 0 saturated carbocycles. The van der Waals surface area contributed by atoms with E-state index in [0.717, 1.165) is 0 Å². The number of carboxylic acid groups (broad SMARTS) is 1. The normalized spacial score (nSPS) is 11.9. The van der Waals surface area contributed by atoms with Crippen molar-refractivity contribution in [3.05, 3.63) is 0 Å². The fourth-order valence-electron chi connectivity index (χ4n) is 1.32. The minimum atomic E-state index is -0.961. The zero-order valence-electron chi connectivity index (χ0n) is 10.3. The van der Waals surface area contributed by atoms with Crippen molar-refractivity contribution in [3.8, 4) is 0 Å². The lowest BCUT2D eigenvalue weighted by atomic mass is 10.1. The molecule has 6 heteroatoms. The summed E-state index contributed by atoms with van der Waals surface area (Å²) in [6.45, 7) is 1.96. The topological polar surface area (TPSA) is 95.5 Å². The van der Waals surface area contributed by atoms with Gasteiger partial charge in [0.25, 0.3) is 0 Å². The van der Waals surface area contributed by atoms with Gasteiger partial charge in [-0.15, -0.1) is 0 Å². The molecule has 0 fully saturated rings. The van der Waals surface area contributed by atoms with Gasteiger partial charge in [0.05, 0.1) is 0 Å². The van der Waals surface area contributed by atoms with Gasteiger partial charge in [0.15, 0.2) is 0 Å². The molecule has 0 spiro atoms. The molecule has 1 atom stereocenters. The molecule has 3 N–H and O–H groups in total. The first-order valence-corrected chi connectivity index (χ1v) is 5.63. The van der Waals surface area contributed by atoms with E-state index in [2.05, 4.69) is 10.6 Å². The van der Waals surface area contributed by atoms with Gasteiger partial charge in [-0.3, -0.25) is 9.59 Å². The van der Waals surface area contributed by atoms with Gasteiger partial charge in [-0.1, -0.05) is 0 Å². The Morgan fingerprint density at radius 1 is 1.24 bits per heavy atom. The molecule has 0 radical (unpaired) electrons. The summed E-state index contributed by atoms with van der Waals surface area (Å²) < 4.78 is 0. The minimum absolute atomic E-state index is 0.0976. The predicted molar refractivity (Wildman–Crippen MR) is 62.6 cm³/mol. The Morgan fingerprint density at radius 2 is 1.88 bits per heavy atom. The van der Waals surface area contributed by atoms with Crippen molar-refractivity contribution in [2.75, 3.05) is 13.6 Å². The fourth-order valence-corrected chi connectivity index (χ4v) is 1.32. The van der Waals surface area contributed by atoms with E-state index in [1.807, 2.05) is 0 Å². The molecule has 0 aliphatic rings. The lowest BCUT2D eigenvalue weighted by molar-refractivity contribution is -0.139. The number of likely N-dealkylation sites (N-methyl/N-ethyl adjacent to an activating group) is 1. The Kier molecular flexibility index (Phi) is 7.96. The molecule has 0 aliphatic heterocycles. The molecule has 98 valence electrons. The van der Waals surface area contributed by atoms with Crippen LogP contribution in [0.4, 0.5) is 0 Å². The van der Waals surface area contributed by atoms with Crippen molar-refractivity contribution in [1.82, 2.24) is 10.6 Å². The second-order valence-corrected chi connectivity index (χ2v) is 3.87. The molecule has 0 unspecified atom stereocenters. The van der Waals surface area contributed by atoms with Crippen LogP contribution in [0, 0.1) is 0 Å². The number of carboxylic acids is 1. The van der Waals surface area contributed by atoms with Crippen molar-refractivity contribution >= 4 is 17.7 Å². The van der Waals surface area contributed by atoms with Crippen LogP contribution in [-0.4, -0.2) is 42.4 Å². The van der Waals surface area contributed by atoms with E-state index < -0.39 is 12.0 Å². The van der Waals surface area contributed by atoms with Crippen LogP contribution in [0.5, 0.6) is 0 Å². The third-order valence-electron chi connectivity index (χ3n) is 2.33. The first-order valence-electron chi connectivity index (χ1n) is 5.63. The number of hydrogen-bond acceptors (Lipinski definition) is 4. The average molecular weight is 244 g/mol. The molecular weight excluding hydrogens is 224 g/mol. The second kappa shape index (κ2) is 8.69. The highest BCUT2D eigenvalue weighted by atomic mass is 16.4. The summed E-state index contributed by atoms with van der Waals surface area (Å²) in [7, 11) is 1.55. The molecule has 0 aromatic carbocycles. The van der Waals surface area contributed by atoms with Crippen molar-refractivity contribution in [2.24, 2.45) is 0 Å². The number of carbonyl (C=O) groups excluding carboxylic acids is 2. The molecule has 17 heavy (non-hydrogen) atoms. The Hall–Kier alpha value is -1.43. The van der Waals surface area contributed by atoms with Crippen LogP contribution in [-0.2, 0) is 14.4 Å². The molecular formula is C11H20N2O4. The van der Waals surface area contributed by atoms with Crippen LogP contribution < -0.4 is 10.6 Å². The van der Waals surface area contributed by atoms with Gasteiger partial charge in [-0.2, -0.15) is 0 Å². The summed E-state index contributed by atoms with van der Waals surface area (Å²) in [5, 5.41) is 14.0. The third-order valence-corrected chi connectivity index (χ3v) is 2.33. The standard InChI is InChI=1S/C11H20N2O4/c1-8(14)4-3-7-13-10(15)6-5-9(12-2)11(16)17/h9,12H,3-7H2,1-2H3,(H,13,15)(H,16,17)/t9-/m0/s1. The van der Waals surface area contributed by atoms with E-state index in [9.17, 15) is 14.4 Å². The van der Waals surface area contributed by atoms with E-state index in [0.29, 0.717) is 19.4 Å². The molecule has 0 aromatic rings. The first kappa shape index (κ1) is 15.6. The van der Waals surface area contributed by atoms with Crippen LogP contribution in [0.1, 0.15) is 32.6 Å². The molecule has 0 aliphatic carbocycles. The first-order chi connectivity index (χ1) is 7.97. The van der Waals surface area contributed by atoms with Gasteiger partial charge < -0.3 is 20.5 Å². The lowest BCUT2D eigenvalue weighted by Gasteiger charge is -2.10. The molecule has 0 bridgehead atoms. The molecule has 0 rings (SSSR count). The van der Waals surface area contributed by atoms with Gasteiger partial charge in [0.2, 0.25) is 5.91 Å². The van der Waals surface area contributed by atoms with Crippen LogP contribution in [0.2, 0.25) is 0 Å². The number of Topliss-reactive ketones (excluding diaryl/α,β-unsaturated/α-hetero) is 1. The van der Waals surface area contributed by atoms with E-state index in [1.165, 1.54) is 6.92 Å². The fraction of sp³-hybridized carbons (Fsp3) is 0.727. The highest BCUT2D eigenvalue weighted by Gasteiger charge is 2.15. The second-order valence-electron chi connectivity index (χ2n) is 3.87. The van der Waals surface area contributed by atoms with E-state index in [-0.39, 0.29) is 24.5 Å². The summed E-state index contributed by atoms with van der Waals surface area (Å²) in [5.74, 6) is -1.05. The van der Waals surface area contributed by atoms with Crippen LogP contribution >= 0.6 is 0 Å². The van der Waals surface area contributed by atoms with Gasteiger partial charge in [0, 0.05) is 19.4 Å². The largest absolute Gasteiger partial charge is 0.480 e. The molecule has 1 amide bonds. The Morgan fingerprint density at radius 3 is 2.35 bits per heavy atom. The van der Waals surface area contributed by atoms with Gasteiger partial charge in [-0.25, -0.2) is 0 Å². The molecule has 0 aromatic heterocycles. The summed E-state index contributed by atoms with van der Waals surface area (Å²) in [4.78, 5) is 32.6. The minimum Gasteiger partial charge on any atom is -0.480 e. The summed E-state index contributed by atoms with van der Waals surface area (Å²) in [6, 6.07) is -0.696. The molecule has 0 heterocycles.